The van der Waals surface area contributed by atoms with Gasteiger partial charge in [0.1, 0.15) is 0 Å². The van der Waals surface area contributed by atoms with Crippen molar-refractivity contribution in [3.8, 4) is 0 Å². The van der Waals surface area contributed by atoms with Gasteiger partial charge in [-0.25, -0.2) is 0 Å². The summed E-state index contributed by atoms with van der Waals surface area (Å²) in [5.74, 6) is 0. The van der Waals surface area contributed by atoms with Crippen LogP contribution in [0.2, 0.25) is 0 Å². The summed E-state index contributed by atoms with van der Waals surface area (Å²) in [4.78, 5) is 0. The molecule has 4 heavy (non-hydrogen) atoms. The van der Waals surface area contributed by atoms with Crippen molar-refractivity contribution in [2.45, 2.75) is 0 Å². The molecule has 0 spiro atoms. The van der Waals surface area contributed by atoms with Crippen LogP contribution in [0.15, 0.2) is 0 Å². The first-order valence-electron chi connectivity index (χ1n) is 0. The van der Waals surface area contributed by atoms with Crippen LogP contribution in [0.3, 0.4) is 0 Å². The molecule has 0 aliphatic rings. The van der Waals surface area contributed by atoms with E-state index < -0.39 is 0 Å². The third kappa shape index (κ3) is 8.91. The first-order chi connectivity index (χ1) is 0. The summed E-state index contributed by atoms with van der Waals surface area (Å²) in [7, 11) is 0. The standard InChI is InChI=1S/Ca.Cu.Mg.Mn.4H. The Morgan fingerprint density at radius 2 is 1.00 bits per heavy atom. The van der Waals surface area contributed by atoms with Crippen molar-refractivity contribution in [1.29, 1.82) is 0 Å². The van der Waals surface area contributed by atoms with Gasteiger partial charge in [-0.3, -0.25) is 0 Å². The molecule has 0 nitrogen and oxygen atoms in total. The van der Waals surface area contributed by atoms with Gasteiger partial charge in [-0.1, -0.05) is 0 Å². The Hall–Kier alpha value is 3.06. The van der Waals surface area contributed by atoms with Gasteiger partial charge in [0.2, 0.25) is 0 Å². The SMILES string of the molecule is [CaH2].[Cu].[MgH2].[Mn]. The van der Waals surface area contributed by atoms with Crippen LogP contribution >= 0.6 is 0 Å². The van der Waals surface area contributed by atoms with E-state index in [0.29, 0.717) is 0 Å². The Bertz CT molecular complexity index is 8.00. The Labute approximate surface area is 92.9 Å². The molecule has 0 N–H and O–H groups in total. The number of rotatable bonds is 0. The van der Waals surface area contributed by atoms with E-state index in [1.165, 1.54) is 0 Å². The molecule has 0 aromatic heterocycles. The summed E-state index contributed by atoms with van der Waals surface area (Å²) in [5.41, 5.74) is 0. The predicted molar refractivity (Wildman–Crippen MR) is 17.1 cm³/mol. The van der Waals surface area contributed by atoms with Gasteiger partial charge in [-0.05, 0) is 0 Å². The zero-order chi connectivity index (χ0) is 0. The molecule has 0 amide bonds. The molecule has 26 valence electrons. The average Bonchev–Trinajstić information content (AvgIpc) is 0. The maximum Gasteiger partial charge on any atom is 0.316 e. The molecule has 0 atom stereocenters. The smallest absolute Gasteiger partial charge is 0 e. The molecule has 0 aliphatic heterocycles. The van der Waals surface area contributed by atoms with Crippen LogP contribution in [-0.4, -0.2) is 60.8 Å². The van der Waals surface area contributed by atoms with Crippen LogP contribution in [0.4, 0.5) is 0 Å². The van der Waals surface area contributed by atoms with Crippen LogP contribution < -0.4 is 0 Å². The average molecular weight is 187 g/mol. The van der Waals surface area contributed by atoms with Gasteiger partial charge in [0, 0.05) is 34.1 Å². The molecule has 0 rings (SSSR count). The van der Waals surface area contributed by atoms with E-state index in [9.17, 15) is 0 Å². The second kappa shape index (κ2) is 16.6. The van der Waals surface area contributed by atoms with Crippen molar-refractivity contribution >= 4 is 60.8 Å². The van der Waals surface area contributed by atoms with E-state index >= 15 is 0 Å². The molecule has 0 saturated heterocycles. The van der Waals surface area contributed by atoms with Gasteiger partial charge >= 0.3 is 60.8 Å². The predicted octanol–water partition coefficient (Wildman–Crippen LogP) is -1.84. The fraction of sp³-hybridized carbons (Fsp3) is 0. The summed E-state index contributed by atoms with van der Waals surface area (Å²) < 4.78 is 0. The zero-order valence-corrected chi connectivity index (χ0v) is 2.80. The first-order valence-corrected chi connectivity index (χ1v) is 0. The summed E-state index contributed by atoms with van der Waals surface area (Å²) in [6.45, 7) is 0. The maximum atomic E-state index is 0. The van der Waals surface area contributed by atoms with Gasteiger partial charge in [-0.15, -0.1) is 0 Å². The van der Waals surface area contributed by atoms with E-state index in [1.807, 2.05) is 0 Å². The van der Waals surface area contributed by atoms with Crippen LogP contribution in [-0.2, 0) is 34.1 Å². The molecule has 4 heteroatoms. The molecule has 0 aromatic rings. The number of hydrogen-bond donors (Lipinski definition) is 0. The zero-order valence-electron chi connectivity index (χ0n) is 0.679. The second-order valence-electron chi connectivity index (χ2n) is 0. The molecule has 0 saturated carbocycles. The van der Waals surface area contributed by atoms with Crippen LogP contribution in [0.25, 0.3) is 0 Å². The third-order valence-corrected chi connectivity index (χ3v) is 0. The summed E-state index contributed by atoms with van der Waals surface area (Å²) in [6.07, 6.45) is 0. The molecule has 0 aromatic carbocycles. The molecular weight excluding hydrogens is 183 g/mol. The Morgan fingerprint density at radius 1 is 1.00 bits per heavy atom. The minimum absolute atomic E-state index is 0. The molecule has 0 fully saturated rings. The Balaban J connectivity index is 0. The van der Waals surface area contributed by atoms with Crippen molar-refractivity contribution in [3.05, 3.63) is 0 Å². The molecule has 2 radical (unpaired) electrons. The Kier molecular flexibility index (Phi) is 115. The minimum Gasteiger partial charge on any atom is 0 e. The fourth-order valence-corrected chi connectivity index (χ4v) is 0. The summed E-state index contributed by atoms with van der Waals surface area (Å²) in [5, 5.41) is 0. The Morgan fingerprint density at radius 3 is 1.00 bits per heavy atom. The monoisotopic (exact) mass is 186 g/mol. The summed E-state index contributed by atoms with van der Waals surface area (Å²) in [6, 6.07) is 0. The normalized spacial score (nSPS) is 0. The van der Waals surface area contributed by atoms with Crippen molar-refractivity contribution in [2.24, 2.45) is 0 Å². The molecule has 0 bridgehead atoms. The van der Waals surface area contributed by atoms with Crippen LogP contribution in [0.5, 0.6) is 0 Å². The molecule has 0 aliphatic carbocycles. The van der Waals surface area contributed by atoms with E-state index in [2.05, 4.69) is 0 Å². The van der Waals surface area contributed by atoms with E-state index in [4.69, 9.17) is 0 Å². The molecule has 0 heterocycles. The van der Waals surface area contributed by atoms with Crippen molar-refractivity contribution < 1.29 is 34.1 Å². The maximum absolute atomic E-state index is 0. The van der Waals surface area contributed by atoms with E-state index in [0.717, 1.165) is 0 Å². The molecular formula is H4CaCuMgMn. The quantitative estimate of drug-likeness (QED) is 0.391. The largest absolute Gasteiger partial charge is 0.316 e. The van der Waals surface area contributed by atoms with Gasteiger partial charge in [0.25, 0.3) is 0 Å². The van der Waals surface area contributed by atoms with Gasteiger partial charge in [0.05, 0.1) is 0 Å². The summed E-state index contributed by atoms with van der Waals surface area (Å²) >= 11 is 0. The van der Waals surface area contributed by atoms with Crippen molar-refractivity contribution in [3.63, 3.8) is 0 Å². The van der Waals surface area contributed by atoms with Crippen LogP contribution in [0, 0.1) is 0 Å². The first kappa shape index (κ1) is 27.7. The van der Waals surface area contributed by atoms with Gasteiger partial charge in [-0.2, -0.15) is 0 Å². The topological polar surface area (TPSA) is 0 Å². The van der Waals surface area contributed by atoms with E-state index in [-0.39, 0.29) is 94.9 Å². The van der Waals surface area contributed by atoms with Crippen molar-refractivity contribution in [1.82, 2.24) is 0 Å². The minimum atomic E-state index is 0. The number of hydrogen-bond acceptors (Lipinski definition) is 0. The van der Waals surface area contributed by atoms with Gasteiger partial charge < -0.3 is 0 Å². The second-order valence-corrected chi connectivity index (χ2v) is 0. The van der Waals surface area contributed by atoms with Crippen LogP contribution in [0.1, 0.15) is 0 Å². The third-order valence-electron chi connectivity index (χ3n) is 0. The van der Waals surface area contributed by atoms with E-state index in [1.54, 1.807) is 0 Å². The van der Waals surface area contributed by atoms with Gasteiger partial charge in [0.15, 0.2) is 0 Å². The van der Waals surface area contributed by atoms with Crippen molar-refractivity contribution in [2.75, 3.05) is 0 Å². The molecule has 0 unspecified atom stereocenters. The fourth-order valence-electron chi connectivity index (χ4n) is 0.